The van der Waals surface area contributed by atoms with Gasteiger partial charge >= 0.3 is 12.1 Å². The van der Waals surface area contributed by atoms with Crippen LogP contribution in [0, 0.1) is 12.8 Å². The Morgan fingerprint density at radius 1 is 0.974 bits per heavy atom. The molecule has 2 aromatic rings. The lowest BCUT2D eigenvalue weighted by Gasteiger charge is -2.24. The van der Waals surface area contributed by atoms with E-state index in [4.69, 9.17) is 16.3 Å². The Hall–Kier alpha value is -3.59. The molecular weight excluding hydrogens is 510 g/mol. The van der Waals surface area contributed by atoms with Crippen LogP contribution >= 0.6 is 11.6 Å². The molecule has 0 spiro atoms. The van der Waals surface area contributed by atoms with Crippen LogP contribution in [0.4, 0.5) is 10.5 Å². The van der Waals surface area contributed by atoms with Crippen LogP contribution < -0.4 is 16.0 Å². The Morgan fingerprint density at radius 2 is 1.61 bits per heavy atom. The summed E-state index contributed by atoms with van der Waals surface area (Å²) in [7, 11) is 0. The summed E-state index contributed by atoms with van der Waals surface area (Å²) in [5.41, 5.74) is 1.28. The topological polar surface area (TPSA) is 134 Å². The van der Waals surface area contributed by atoms with Gasteiger partial charge < -0.3 is 25.8 Å². The van der Waals surface area contributed by atoms with Gasteiger partial charge in [-0.1, -0.05) is 49.7 Å². The fourth-order valence-electron chi connectivity index (χ4n) is 3.69. The molecule has 2 atom stereocenters. The van der Waals surface area contributed by atoms with Crippen molar-refractivity contribution in [2.75, 3.05) is 5.32 Å². The molecule has 10 heteroatoms. The van der Waals surface area contributed by atoms with Gasteiger partial charge in [0.1, 0.15) is 17.7 Å². The van der Waals surface area contributed by atoms with Crippen molar-refractivity contribution in [1.82, 2.24) is 10.6 Å². The minimum atomic E-state index is -1.19. The number of rotatable bonds is 10. The van der Waals surface area contributed by atoms with Gasteiger partial charge in [0.05, 0.1) is 10.6 Å². The largest absolute Gasteiger partial charge is 0.480 e. The van der Waals surface area contributed by atoms with Crippen molar-refractivity contribution < 1.29 is 29.0 Å². The van der Waals surface area contributed by atoms with E-state index in [0.717, 1.165) is 0 Å². The molecule has 9 nitrogen and oxygen atoms in total. The molecule has 0 bridgehead atoms. The van der Waals surface area contributed by atoms with E-state index in [1.54, 1.807) is 70.2 Å². The number of alkyl carbamates (subject to hydrolysis) is 1. The zero-order chi connectivity index (χ0) is 28.6. The van der Waals surface area contributed by atoms with E-state index in [2.05, 4.69) is 16.0 Å². The summed E-state index contributed by atoms with van der Waals surface area (Å²) in [6.07, 6.45) is -0.245. The zero-order valence-corrected chi connectivity index (χ0v) is 23.3. The van der Waals surface area contributed by atoms with Crippen molar-refractivity contribution in [2.24, 2.45) is 5.92 Å². The van der Waals surface area contributed by atoms with Crippen molar-refractivity contribution in [3.05, 3.63) is 64.2 Å². The van der Waals surface area contributed by atoms with Crippen LogP contribution in [-0.2, 0) is 20.7 Å². The lowest BCUT2D eigenvalue weighted by molar-refractivity contribution is -0.139. The smallest absolute Gasteiger partial charge is 0.408 e. The van der Waals surface area contributed by atoms with Gasteiger partial charge in [0.15, 0.2) is 0 Å². The van der Waals surface area contributed by atoms with Crippen molar-refractivity contribution in [3.8, 4) is 0 Å². The molecule has 0 radical (unpaired) electrons. The quantitative estimate of drug-likeness (QED) is 0.334. The molecule has 0 saturated carbocycles. The molecule has 0 aliphatic carbocycles. The average molecular weight is 546 g/mol. The molecule has 0 heterocycles. The van der Waals surface area contributed by atoms with E-state index >= 15 is 0 Å². The van der Waals surface area contributed by atoms with Gasteiger partial charge in [0, 0.05) is 12.1 Å². The van der Waals surface area contributed by atoms with E-state index < -0.39 is 41.6 Å². The molecule has 206 valence electrons. The number of aryl methyl sites for hydroxylation is 1. The highest BCUT2D eigenvalue weighted by Gasteiger charge is 2.26. The molecule has 0 unspecified atom stereocenters. The number of hydrogen-bond donors (Lipinski definition) is 4. The SMILES string of the molecule is Cc1cccc(Cl)c1C(=O)N[C@@H](Cc1ccc(NC(=O)[C@@H](CC(C)C)NC(=O)OC(C)(C)C)cc1)C(=O)O. The molecule has 38 heavy (non-hydrogen) atoms. The monoisotopic (exact) mass is 545 g/mol. The van der Waals surface area contributed by atoms with Crippen molar-refractivity contribution in [2.45, 2.75) is 72.1 Å². The van der Waals surface area contributed by atoms with Crippen LogP contribution in [0.25, 0.3) is 0 Å². The summed E-state index contributed by atoms with van der Waals surface area (Å²) >= 11 is 6.14. The number of carboxylic acid groups (broad SMARTS) is 1. The first-order valence-corrected chi connectivity index (χ1v) is 12.7. The maximum atomic E-state index is 12.9. The van der Waals surface area contributed by atoms with Crippen LogP contribution in [0.15, 0.2) is 42.5 Å². The predicted molar refractivity (Wildman–Crippen MR) is 146 cm³/mol. The predicted octanol–water partition coefficient (Wildman–Crippen LogP) is 4.95. The Balaban J connectivity index is 2.07. The highest BCUT2D eigenvalue weighted by Crippen LogP contribution is 2.20. The summed E-state index contributed by atoms with van der Waals surface area (Å²) in [5, 5.41) is 17.8. The van der Waals surface area contributed by atoms with Gasteiger partial charge in [0.2, 0.25) is 5.91 Å². The molecule has 2 rings (SSSR count). The summed E-state index contributed by atoms with van der Waals surface area (Å²) in [5.74, 6) is -2.02. The number of ether oxygens (including phenoxy) is 1. The number of nitrogens with one attached hydrogen (secondary N) is 3. The summed E-state index contributed by atoms with van der Waals surface area (Å²) in [6, 6.07) is 9.60. The molecule has 0 aliphatic heterocycles. The second-order valence-corrected chi connectivity index (χ2v) is 10.9. The lowest BCUT2D eigenvalue weighted by atomic mass is 10.0. The zero-order valence-electron chi connectivity index (χ0n) is 22.6. The average Bonchev–Trinajstić information content (AvgIpc) is 2.77. The van der Waals surface area contributed by atoms with Gasteiger partial charge in [0.25, 0.3) is 5.91 Å². The van der Waals surface area contributed by atoms with Crippen molar-refractivity contribution in [1.29, 1.82) is 0 Å². The summed E-state index contributed by atoms with van der Waals surface area (Å²) < 4.78 is 5.28. The Labute approximate surface area is 228 Å². The first-order chi connectivity index (χ1) is 17.7. The molecule has 2 aromatic carbocycles. The van der Waals surface area contributed by atoms with Gasteiger partial charge in [-0.05, 0) is 69.4 Å². The Kier molecular flexibility index (Phi) is 10.7. The number of anilines is 1. The molecule has 0 fully saturated rings. The minimum Gasteiger partial charge on any atom is -0.480 e. The van der Waals surface area contributed by atoms with Crippen LogP contribution in [0.5, 0.6) is 0 Å². The first kappa shape index (κ1) is 30.6. The van der Waals surface area contributed by atoms with E-state index in [1.165, 1.54) is 0 Å². The summed E-state index contributed by atoms with van der Waals surface area (Å²) in [4.78, 5) is 49.7. The minimum absolute atomic E-state index is 0.0228. The molecule has 4 N–H and O–H groups in total. The third-order valence-electron chi connectivity index (χ3n) is 5.43. The Morgan fingerprint density at radius 3 is 2.13 bits per heavy atom. The fourth-order valence-corrected chi connectivity index (χ4v) is 4.00. The molecule has 0 saturated heterocycles. The molecule has 0 aromatic heterocycles. The number of benzene rings is 2. The number of aliphatic carboxylic acids is 1. The maximum Gasteiger partial charge on any atom is 0.408 e. The van der Waals surface area contributed by atoms with E-state index in [9.17, 15) is 24.3 Å². The number of carboxylic acids is 1. The highest BCUT2D eigenvalue weighted by atomic mass is 35.5. The number of carbonyl (C=O) groups is 4. The van der Waals surface area contributed by atoms with Crippen molar-refractivity contribution >= 4 is 41.2 Å². The standard InChI is InChI=1S/C28H36ClN3O6/c1-16(2)14-21(32-27(37)38-28(4,5)6)24(33)30-19-12-10-18(11-13-19)15-22(26(35)36)31-25(34)23-17(3)8-7-9-20(23)29/h7-13,16,21-22H,14-15H2,1-6H3,(H,30,33)(H,31,34)(H,32,37)(H,35,36)/t21-,22+/m1/s1. The van der Waals surface area contributed by atoms with Gasteiger partial charge in [-0.2, -0.15) is 0 Å². The number of carbonyl (C=O) groups excluding carboxylic acids is 3. The third kappa shape index (κ3) is 9.70. The van der Waals surface area contributed by atoms with Crippen LogP contribution in [0.3, 0.4) is 0 Å². The van der Waals surface area contributed by atoms with Crippen LogP contribution in [0.2, 0.25) is 5.02 Å². The second kappa shape index (κ2) is 13.3. The number of hydrogen-bond acceptors (Lipinski definition) is 5. The number of amides is 3. The third-order valence-corrected chi connectivity index (χ3v) is 5.74. The summed E-state index contributed by atoms with van der Waals surface area (Å²) in [6.45, 7) is 10.8. The van der Waals surface area contributed by atoms with Gasteiger partial charge in [-0.25, -0.2) is 9.59 Å². The van der Waals surface area contributed by atoms with Crippen molar-refractivity contribution in [3.63, 3.8) is 0 Å². The number of halogens is 1. The normalized spacial score (nSPS) is 12.8. The van der Waals surface area contributed by atoms with Gasteiger partial charge in [-0.15, -0.1) is 0 Å². The molecular formula is C28H36ClN3O6. The maximum absolute atomic E-state index is 12.9. The molecule has 3 amide bonds. The van der Waals surface area contributed by atoms with E-state index in [-0.39, 0.29) is 22.9 Å². The van der Waals surface area contributed by atoms with E-state index in [0.29, 0.717) is 23.2 Å². The van der Waals surface area contributed by atoms with Gasteiger partial charge in [-0.3, -0.25) is 9.59 Å². The first-order valence-electron chi connectivity index (χ1n) is 12.3. The lowest BCUT2D eigenvalue weighted by Crippen LogP contribution is -2.46. The fraction of sp³-hybridized carbons (Fsp3) is 0.429. The molecule has 0 aliphatic rings. The van der Waals surface area contributed by atoms with Crippen LogP contribution in [0.1, 0.15) is 62.5 Å². The Bertz CT molecular complexity index is 1140. The second-order valence-electron chi connectivity index (χ2n) is 10.5. The highest BCUT2D eigenvalue weighted by molar-refractivity contribution is 6.34. The van der Waals surface area contributed by atoms with Crippen LogP contribution in [-0.4, -0.2) is 46.7 Å². The van der Waals surface area contributed by atoms with E-state index in [1.807, 2.05) is 13.8 Å².